The predicted molar refractivity (Wildman–Crippen MR) is 113 cm³/mol. The van der Waals surface area contributed by atoms with Crippen LogP contribution in [0.1, 0.15) is 22.5 Å². The van der Waals surface area contributed by atoms with Gasteiger partial charge < -0.3 is 15.4 Å². The number of carbonyl (C=O) groups excluding carboxylic acids is 1. The third kappa shape index (κ3) is 5.60. The quantitative estimate of drug-likeness (QED) is 0.448. The van der Waals surface area contributed by atoms with Crippen LogP contribution in [0.3, 0.4) is 0 Å². The summed E-state index contributed by atoms with van der Waals surface area (Å²) in [6.07, 6.45) is 2.01. The fourth-order valence-electron chi connectivity index (χ4n) is 3.26. The van der Waals surface area contributed by atoms with Gasteiger partial charge in [0.25, 0.3) is 5.91 Å². The van der Waals surface area contributed by atoms with Gasteiger partial charge in [-0.15, -0.1) is 0 Å². The lowest BCUT2D eigenvalue weighted by molar-refractivity contribution is -0.141. The number of benzene rings is 2. The fourth-order valence-corrected chi connectivity index (χ4v) is 3.26. The lowest BCUT2D eigenvalue weighted by Crippen LogP contribution is -2.39. The Morgan fingerprint density at radius 2 is 1.80 bits per heavy atom. The maximum Gasteiger partial charge on any atom is 0.308 e. The molecule has 0 radical (unpaired) electrons. The van der Waals surface area contributed by atoms with Gasteiger partial charge in [0.1, 0.15) is 0 Å². The van der Waals surface area contributed by atoms with Gasteiger partial charge in [0.2, 0.25) is 0 Å². The van der Waals surface area contributed by atoms with E-state index in [-0.39, 0.29) is 18.7 Å². The molecule has 0 aliphatic carbocycles. The van der Waals surface area contributed by atoms with E-state index in [1.807, 2.05) is 54.6 Å². The van der Waals surface area contributed by atoms with Gasteiger partial charge in [-0.05, 0) is 36.2 Å². The van der Waals surface area contributed by atoms with Crippen molar-refractivity contribution in [2.45, 2.75) is 18.9 Å². The first kappa shape index (κ1) is 20.9. The zero-order valence-corrected chi connectivity index (χ0v) is 16.4. The van der Waals surface area contributed by atoms with Gasteiger partial charge in [-0.2, -0.15) is 15.4 Å². The zero-order valence-electron chi connectivity index (χ0n) is 16.4. The minimum Gasteiger partial charge on any atom is -0.481 e. The molecule has 8 heteroatoms. The zero-order chi connectivity index (χ0) is 21.3. The van der Waals surface area contributed by atoms with E-state index in [0.29, 0.717) is 6.42 Å². The molecule has 0 unspecified atom stereocenters. The van der Waals surface area contributed by atoms with E-state index >= 15 is 0 Å². The number of hydrogen-bond donors (Lipinski definition) is 3. The Morgan fingerprint density at radius 3 is 2.40 bits per heavy atom. The number of nitrogens with one attached hydrogen (secondary N) is 2. The minimum atomic E-state index is -0.970. The van der Waals surface area contributed by atoms with Crippen LogP contribution in [0.2, 0.25) is 0 Å². The summed E-state index contributed by atoms with van der Waals surface area (Å²) in [6, 6.07) is 17.6. The Bertz CT molecular complexity index is 972. The van der Waals surface area contributed by atoms with Crippen LogP contribution in [-0.4, -0.2) is 51.7 Å². The molecule has 0 spiro atoms. The number of hydrogen-bond acceptors (Lipinski definition) is 5. The van der Waals surface area contributed by atoms with Crippen molar-refractivity contribution in [2.24, 2.45) is 10.9 Å². The molecule has 0 aliphatic heterocycles. The molecule has 0 saturated heterocycles. The average Bonchev–Trinajstić information content (AvgIpc) is 3.29. The number of carboxylic acids is 1. The first-order valence-corrected chi connectivity index (χ1v) is 9.53. The number of aromatic nitrogens is 3. The molecule has 0 saturated carbocycles. The van der Waals surface area contributed by atoms with Gasteiger partial charge in [0.05, 0.1) is 18.7 Å². The van der Waals surface area contributed by atoms with Crippen molar-refractivity contribution < 1.29 is 14.7 Å². The second kappa shape index (κ2) is 10.1. The van der Waals surface area contributed by atoms with Crippen molar-refractivity contribution in [1.29, 1.82) is 0 Å². The fraction of sp³-hybridized carbons (Fsp3) is 0.227. The van der Waals surface area contributed by atoms with Gasteiger partial charge in [0, 0.05) is 6.04 Å². The molecule has 3 rings (SSSR count). The van der Waals surface area contributed by atoms with Crippen LogP contribution in [-0.2, 0) is 11.2 Å². The van der Waals surface area contributed by atoms with Gasteiger partial charge >= 0.3 is 5.97 Å². The minimum absolute atomic E-state index is 0.0820. The highest BCUT2D eigenvalue weighted by Crippen LogP contribution is 2.21. The third-order valence-electron chi connectivity index (χ3n) is 4.79. The maximum absolute atomic E-state index is 12.4. The van der Waals surface area contributed by atoms with E-state index in [1.54, 1.807) is 0 Å². The second-order valence-electron chi connectivity index (χ2n) is 6.97. The summed E-state index contributed by atoms with van der Waals surface area (Å²) in [4.78, 5) is 27.7. The van der Waals surface area contributed by atoms with Crippen molar-refractivity contribution in [1.82, 2.24) is 20.7 Å². The number of amides is 1. The van der Waals surface area contributed by atoms with Gasteiger partial charge in [-0.25, -0.2) is 0 Å². The summed E-state index contributed by atoms with van der Waals surface area (Å²) in [5.74, 6) is -2.12. The smallest absolute Gasteiger partial charge is 0.308 e. The lowest BCUT2D eigenvalue weighted by atomic mass is 9.94. The van der Waals surface area contributed by atoms with Crippen LogP contribution in [0.4, 0.5) is 0 Å². The number of carboxylic acid groups (broad SMARTS) is 1. The van der Waals surface area contributed by atoms with E-state index in [1.165, 1.54) is 6.20 Å². The third-order valence-corrected chi connectivity index (χ3v) is 4.79. The molecule has 30 heavy (non-hydrogen) atoms. The molecule has 2 atom stereocenters. The largest absolute Gasteiger partial charge is 0.481 e. The lowest BCUT2D eigenvalue weighted by Gasteiger charge is -2.21. The first-order chi connectivity index (χ1) is 14.6. The van der Waals surface area contributed by atoms with E-state index in [9.17, 15) is 14.7 Å². The Kier molecular flexibility index (Phi) is 7.05. The molecule has 1 aromatic heterocycles. The van der Waals surface area contributed by atoms with Crippen molar-refractivity contribution >= 4 is 18.6 Å². The topological polar surface area (TPSA) is 120 Å². The van der Waals surface area contributed by atoms with Crippen LogP contribution in [0.5, 0.6) is 0 Å². The average molecular weight is 405 g/mol. The molecule has 154 valence electrons. The van der Waals surface area contributed by atoms with E-state index in [4.69, 9.17) is 0 Å². The Balaban J connectivity index is 1.76. The molecule has 2 aromatic carbocycles. The van der Waals surface area contributed by atoms with Crippen molar-refractivity contribution in [2.75, 3.05) is 6.54 Å². The summed E-state index contributed by atoms with van der Waals surface area (Å²) in [7, 11) is 0. The molecule has 8 nitrogen and oxygen atoms in total. The molecular formula is C22H23N5O3. The number of rotatable bonds is 10. The molecule has 0 aliphatic rings. The Labute approximate surface area is 174 Å². The molecular weight excluding hydrogens is 382 g/mol. The second-order valence-corrected chi connectivity index (χ2v) is 6.97. The molecule has 3 aromatic rings. The number of aliphatic imine (C=N–C) groups is 1. The van der Waals surface area contributed by atoms with Crippen LogP contribution in [0.15, 0.2) is 65.8 Å². The molecule has 3 N–H and O–H groups in total. The Hall–Kier alpha value is -3.81. The van der Waals surface area contributed by atoms with Crippen molar-refractivity contribution in [3.63, 3.8) is 0 Å². The summed E-state index contributed by atoms with van der Waals surface area (Å²) in [6.45, 7) is 3.47. The normalized spacial score (nSPS) is 12.7. The molecule has 1 amide bonds. The number of nitrogens with zero attached hydrogens (tertiary/aromatic N) is 3. The number of aliphatic carboxylic acids is 1. The molecule has 0 fully saturated rings. The van der Waals surface area contributed by atoms with E-state index in [2.05, 4.69) is 32.4 Å². The van der Waals surface area contributed by atoms with Crippen LogP contribution in [0.25, 0.3) is 11.1 Å². The van der Waals surface area contributed by atoms with Gasteiger partial charge in [0.15, 0.2) is 5.69 Å². The van der Waals surface area contributed by atoms with E-state index in [0.717, 1.165) is 16.7 Å². The summed E-state index contributed by atoms with van der Waals surface area (Å²) < 4.78 is 0. The SMILES string of the molecule is C=NC[C@H](C[C@@H](Cc1ccc(-c2ccccc2)cc1)NC(=O)c1cn[nH]n1)C(=O)O. The van der Waals surface area contributed by atoms with Crippen molar-refractivity contribution in [3.05, 3.63) is 72.1 Å². The van der Waals surface area contributed by atoms with Crippen LogP contribution < -0.4 is 5.32 Å². The maximum atomic E-state index is 12.4. The summed E-state index contributed by atoms with van der Waals surface area (Å²) >= 11 is 0. The number of H-pyrrole nitrogens is 1. The van der Waals surface area contributed by atoms with Crippen molar-refractivity contribution in [3.8, 4) is 11.1 Å². The van der Waals surface area contributed by atoms with Crippen LogP contribution in [0, 0.1) is 5.92 Å². The molecule has 0 bridgehead atoms. The number of carbonyl (C=O) groups is 2. The van der Waals surface area contributed by atoms with Gasteiger partial charge in [-0.3, -0.25) is 9.59 Å². The predicted octanol–water partition coefficient (Wildman–Crippen LogP) is 2.60. The monoisotopic (exact) mass is 405 g/mol. The van der Waals surface area contributed by atoms with Crippen LogP contribution >= 0.6 is 0 Å². The highest BCUT2D eigenvalue weighted by molar-refractivity contribution is 5.92. The number of aromatic amines is 1. The standard InChI is InChI=1S/C22H23N5O3/c1-23-13-18(22(29)30)12-19(25-21(28)20-14-24-27-26-20)11-15-7-9-17(10-8-15)16-5-3-2-4-6-16/h2-10,14,18-19H,1,11-13H2,(H,25,28)(H,29,30)(H,24,26,27)/t18-,19+/m0/s1. The summed E-state index contributed by atoms with van der Waals surface area (Å²) in [5.41, 5.74) is 3.33. The highest BCUT2D eigenvalue weighted by Gasteiger charge is 2.24. The highest BCUT2D eigenvalue weighted by atomic mass is 16.4. The first-order valence-electron chi connectivity index (χ1n) is 9.53. The molecule has 1 heterocycles. The van der Waals surface area contributed by atoms with Gasteiger partial charge in [-0.1, -0.05) is 54.6 Å². The summed E-state index contributed by atoms with van der Waals surface area (Å²) in [5, 5.41) is 22.2. The Morgan fingerprint density at radius 1 is 1.10 bits per heavy atom. The van der Waals surface area contributed by atoms with E-state index < -0.39 is 23.8 Å².